The molecule has 12 heavy (non-hydrogen) atoms. The summed E-state index contributed by atoms with van der Waals surface area (Å²) in [5.74, 6) is 0. The number of hydrogen-bond donors (Lipinski definition) is 0. The van der Waals surface area contributed by atoms with Gasteiger partial charge >= 0.3 is 0 Å². The number of benzene rings is 1. The van der Waals surface area contributed by atoms with E-state index in [1.807, 2.05) is 29.1 Å². The van der Waals surface area contributed by atoms with Crippen molar-refractivity contribution >= 4 is 11.0 Å². The van der Waals surface area contributed by atoms with Gasteiger partial charge in [-0.3, -0.25) is 5.01 Å². The lowest BCUT2D eigenvalue weighted by molar-refractivity contribution is 0.694. The SMILES string of the molecule is c1ccc2c(c1)nnn2N1CC1. The Morgan fingerprint density at radius 3 is 2.83 bits per heavy atom. The monoisotopic (exact) mass is 160 g/mol. The van der Waals surface area contributed by atoms with Crippen molar-refractivity contribution in [3.8, 4) is 0 Å². The van der Waals surface area contributed by atoms with Crippen molar-refractivity contribution < 1.29 is 0 Å². The van der Waals surface area contributed by atoms with Gasteiger partial charge in [0.05, 0.1) is 13.1 Å². The van der Waals surface area contributed by atoms with E-state index in [1.54, 1.807) is 0 Å². The maximum absolute atomic E-state index is 4.05. The van der Waals surface area contributed by atoms with Crippen molar-refractivity contribution in [3.63, 3.8) is 0 Å². The molecular formula is C8H8N4. The number of hydrogen-bond acceptors (Lipinski definition) is 3. The molecule has 1 fully saturated rings. The van der Waals surface area contributed by atoms with Crippen LogP contribution in [0.15, 0.2) is 24.3 Å². The molecule has 1 aromatic heterocycles. The van der Waals surface area contributed by atoms with Crippen molar-refractivity contribution in [2.24, 2.45) is 0 Å². The van der Waals surface area contributed by atoms with Gasteiger partial charge in [0, 0.05) is 0 Å². The first-order chi connectivity index (χ1) is 5.95. The standard InChI is InChI=1S/C8H8N4/c1-2-4-8-7(3-1)9-10-12(8)11-5-6-11/h1-4H,5-6H2. The number of aromatic nitrogens is 3. The first-order valence-corrected chi connectivity index (χ1v) is 4.01. The lowest BCUT2D eigenvalue weighted by Crippen LogP contribution is -2.12. The van der Waals surface area contributed by atoms with E-state index in [4.69, 9.17) is 0 Å². The molecule has 0 amide bonds. The van der Waals surface area contributed by atoms with Gasteiger partial charge in [0.15, 0.2) is 0 Å². The van der Waals surface area contributed by atoms with Gasteiger partial charge in [-0.2, -0.15) is 4.79 Å². The largest absolute Gasteiger partial charge is 0.291 e. The zero-order valence-corrected chi connectivity index (χ0v) is 6.51. The predicted octanol–water partition coefficient (Wildman–Crippen LogP) is 0.383. The van der Waals surface area contributed by atoms with Crippen LogP contribution >= 0.6 is 0 Å². The predicted molar refractivity (Wildman–Crippen MR) is 45.5 cm³/mol. The minimum absolute atomic E-state index is 0.962. The first kappa shape index (κ1) is 5.99. The Kier molecular flexibility index (Phi) is 0.983. The van der Waals surface area contributed by atoms with E-state index in [0.29, 0.717) is 0 Å². The fraction of sp³-hybridized carbons (Fsp3) is 0.250. The number of fused-ring (bicyclic) bond motifs is 1. The normalized spacial score (nSPS) is 15.5. The Morgan fingerprint density at radius 1 is 1.17 bits per heavy atom. The maximum Gasteiger partial charge on any atom is 0.115 e. The average Bonchev–Trinajstić information content (AvgIpc) is 2.86. The van der Waals surface area contributed by atoms with Gasteiger partial charge in [0.2, 0.25) is 0 Å². The van der Waals surface area contributed by atoms with E-state index < -0.39 is 0 Å². The quantitative estimate of drug-likeness (QED) is 0.565. The topological polar surface area (TPSA) is 33.7 Å². The first-order valence-electron chi connectivity index (χ1n) is 4.01. The maximum atomic E-state index is 4.05. The van der Waals surface area contributed by atoms with E-state index in [0.717, 1.165) is 24.1 Å². The second-order valence-electron chi connectivity index (χ2n) is 2.92. The molecule has 0 spiro atoms. The molecule has 4 heteroatoms. The van der Waals surface area contributed by atoms with Crippen LogP contribution in [0.25, 0.3) is 11.0 Å². The molecule has 1 aliphatic heterocycles. The van der Waals surface area contributed by atoms with Gasteiger partial charge in [0.25, 0.3) is 0 Å². The van der Waals surface area contributed by atoms with E-state index in [9.17, 15) is 0 Å². The highest BCUT2D eigenvalue weighted by molar-refractivity contribution is 5.74. The highest BCUT2D eigenvalue weighted by Crippen LogP contribution is 2.12. The Labute approximate surface area is 69.4 Å². The summed E-state index contributed by atoms with van der Waals surface area (Å²) < 4.78 is 0. The van der Waals surface area contributed by atoms with Crippen molar-refractivity contribution in [2.45, 2.75) is 0 Å². The third-order valence-electron chi connectivity index (χ3n) is 2.03. The second-order valence-corrected chi connectivity index (χ2v) is 2.92. The molecular weight excluding hydrogens is 152 g/mol. The van der Waals surface area contributed by atoms with Crippen LogP contribution in [0.5, 0.6) is 0 Å². The summed E-state index contributed by atoms with van der Waals surface area (Å²) in [6.07, 6.45) is 0. The zero-order chi connectivity index (χ0) is 7.97. The minimum atomic E-state index is 0.962. The second kappa shape index (κ2) is 1.97. The molecule has 0 N–H and O–H groups in total. The van der Waals surface area contributed by atoms with Gasteiger partial charge in [-0.25, -0.2) is 0 Å². The van der Waals surface area contributed by atoms with Crippen LogP contribution in [0, 0.1) is 0 Å². The zero-order valence-electron chi connectivity index (χ0n) is 6.51. The third-order valence-corrected chi connectivity index (χ3v) is 2.03. The summed E-state index contributed by atoms with van der Waals surface area (Å²) in [5.41, 5.74) is 2.06. The fourth-order valence-corrected chi connectivity index (χ4v) is 1.30. The number of para-hydroxylation sites is 1. The third kappa shape index (κ3) is 0.717. The molecule has 0 bridgehead atoms. The molecule has 3 rings (SSSR count). The molecule has 2 heterocycles. The highest BCUT2D eigenvalue weighted by Gasteiger charge is 2.20. The van der Waals surface area contributed by atoms with Gasteiger partial charge in [-0.15, -0.1) is 5.10 Å². The van der Waals surface area contributed by atoms with E-state index in [2.05, 4.69) is 15.3 Å². The molecule has 4 nitrogen and oxygen atoms in total. The summed E-state index contributed by atoms with van der Waals surface area (Å²) >= 11 is 0. The van der Waals surface area contributed by atoms with E-state index in [1.165, 1.54) is 0 Å². The van der Waals surface area contributed by atoms with Gasteiger partial charge in [-0.1, -0.05) is 12.1 Å². The number of rotatable bonds is 1. The summed E-state index contributed by atoms with van der Waals surface area (Å²) in [6.45, 7) is 2.18. The molecule has 1 aliphatic rings. The van der Waals surface area contributed by atoms with Gasteiger partial charge in [-0.05, 0) is 17.3 Å². The molecule has 0 unspecified atom stereocenters. The Balaban J connectivity index is 2.30. The molecule has 2 aromatic rings. The van der Waals surface area contributed by atoms with E-state index in [-0.39, 0.29) is 0 Å². The Hall–Kier alpha value is -1.58. The van der Waals surface area contributed by atoms with Crippen LogP contribution in [0.4, 0.5) is 0 Å². The van der Waals surface area contributed by atoms with Crippen molar-refractivity contribution in [2.75, 3.05) is 18.1 Å². The van der Waals surface area contributed by atoms with Crippen molar-refractivity contribution in [3.05, 3.63) is 24.3 Å². The molecule has 0 radical (unpaired) electrons. The molecule has 0 atom stereocenters. The lowest BCUT2D eigenvalue weighted by Gasteiger charge is -2.00. The molecule has 60 valence electrons. The van der Waals surface area contributed by atoms with Crippen LogP contribution in [0.3, 0.4) is 0 Å². The van der Waals surface area contributed by atoms with Gasteiger partial charge < -0.3 is 0 Å². The Morgan fingerprint density at radius 2 is 2.00 bits per heavy atom. The van der Waals surface area contributed by atoms with Crippen molar-refractivity contribution in [1.82, 2.24) is 15.1 Å². The summed E-state index contributed by atoms with van der Waals surface area (Å²) in [4.78, 5) is 1.87. The van der Waals surface area contributed by atoms with Crippen LogP contribution in [0.2, 0.25) is 0 Å². The molecule has 1 aromatic carbocycles. The molecule has 1 saturated heterocycles. The molecule has 0 aliphatic carbocycles. The smallest absolute Gasteiger partial charge is 0.115 e. The Bertz CT molecular complexity index is 416. The fourth-order valence-electron chi connectivity index (χ4n) is 1.30. The molecule has 0 saturated carbocycles. The van der Waals surface area contributed by atoms with Crippen molar-refractivity contribution in [1.29, 1.82) is 0 Å². The minimum Gasteiger partial charge on any atom is -0.291 e. The summed E-state index contributed by atoms with van der Waals surface area (Å²) in [7, 11) is 0. The lowest BCUT2D eigenvalue weighted by atomic mass is 10.3. The van der Waals surface area contributed by atoms with E-state index >= 15 is 0 Å². The van der Waals surface area contributed by atoms with Gasteiger partial charge in [0.1, 0.15) is 11.0 Å². The highest BCUT2D eigenvalue weighted by atomic mass is 15.7. The van der Waals surface area contributed by atoms with Crippen LogP contribution in [-0.4, -0.2) is 28.2 Å². The van der Waals surface area contributed by atoms with Crippen LogP contribution < -0.4 is 5.01 Å². The van der Waals surface area contributed by atoms with Crippen LogP contribution in [-0.2, 0) is 0 Å². The van der Waals surface area contributed by atoms with Crippen LogP contribution in [0.1, 0.15) is 0 Å². The summed E-state index contributed by atoms with van der Waals surface area (Å²) in [6, 6.07) is 7.99. The average molecular weight is 160 g/mol. The number of nitrogens with zero attached hydrogens (tertiary/aromatic N) is 4. The summed E-state index contributed by atoms with van der Waals surface area (Å²) in [5, 5.41) is 10.2.